The summed E-state index contributed by atoms with van der Waals surface area (Å²) in [5.74, 6) is -2.08. The fourth-order valence-corrected chi connectivity index (χ4v) is 2.04. The van der Waals surface area contributed by atoms with Gasteiger partial charge >= 0.3 is 6.18 Å². The number of halogens is 3. The number of thioether (sulfide) groups is 1. The summed E-state index contributed by atoms with van der Waals surface area (Å²) in [7, 11) is 0. The van der Waals surface area contributed by atoms with E-state index >= 15 is 0 Å². The van der Waals surface area contributed by atoms with Gasteiger partial charge in [-0.05, 0) is 0 Å². The molecule has 3 N–H and O–H groups in total. The first kappa shape index (κ1) is 10.3. The Morgan fingerprint density at radius 1 is 1.40 bits per heavy atom. The van der Waals surface area contributed by atoms with Gasteiger partial charge in [0.05, 0.1) is 0 Å². The minimum atomic E-state index is -4.67. The molecule has 2 heterocycles. The lowest BCUT2D eigenvalue weighted by Gasteiger charge is -2.22. The maximum absolute atomic E-state index is 12.2. The predicted octanol–water partition coefficient (Wildman–Crippen LogP) is -0.167. The fraction of sp³-hybridized carbons (Fsp3) is 0.500. The molecule has 0 aromatic heterocycles. The Balaban J connectivity index is 2.31. The molecule has 1 amide bonds. The normalized spacial score (nSPS) is 30.5. The SMILES string of the molecule is NC1=NC2N=C(C(F)(F)F)NC(=O)C2S1. The van der Waals surface area contributed by atoms with E-state index in [2.05, 4.69) is 9.98 Å². The maximum atomic E-state index is 12.2. The summed E-state index contributed by atoms with van der Waals surface area (Å²) in [4.78, 5) is 18.2. The second-order valence-corrected chi connectivity index (χ2v) is 4.05. The van der Waals surface area contributed by atoms with Crippen molar-refractivity contribution in [2.45, 2.75) is 17.6 Å². The van der Waals surface area contributed by atoms with Crippen LogP contribution in [-0.4, -0.2) is 34.5 Å². The summed E-state index contributed by atoms with van der Waals surface area (Å²) >= 11 is 0.912. The molecule has 0 radical (unpaired) electrons. The number of carbonyl (C=O) groups is 1. The Morgan fingerprint density at radius 3 is 2.67 bits per heavy atom. The first-order valence-corrected chi connectivity index (χ1v) is 4.71. The van der Waals surface area contributed by atoms with Gasteiger partial charge in [0.15, 0.2) is 11.3 Å². The second kappa shape index (κ2) is 3.12. The van der Waals surface area contributed by atoms with E-state index in [0.717, 1.165) is 11.8 Å². The zero-order valence-electron chi connectivity index (χ0n) is 7.08. The number of hydrogen-bond donors (Lipinski definition) is 2. The van der Waals surface area contributed by atoms with Crippen molar-refractivity contribution in [1.29, 1.82) is 0 Å². The highest BCUT2D eigenvalue weighted by molar-refractivity contribution is 8.15. The van der Waals surface area contributed by atoms with Crippen molar-refractivity contribution >= 4 is 28.7 Å². The van der Waals surface area contributed by atoms with Crippen LogP contribution in [0.4, 0.5) is 13.2 Å². The zero-order chi connectivity index (χ0) is 11.2. The molecule has 0 saturated heterocycles. The molecule has 0 saturated carbocycles. The van der Waals surface area contributed by atoms with Crippen LogP contribution in [0.3, 0.4) is 0 Å². The van der Waals surface area contributed by atoms with Crippen LogP contribution in [0.1, 0.15) is 0 Å². The predicted molar refractivity (Wildman–Crippen MR) is 48.4 cm³/mol. The van der Waals surface area contributed by atoms with Crippen molar-refractivity contribution in [3.63, 3.8) is 0 Å². The number of rotatable bonds is 0. The van der Waals surface area contributed by atoms with Gasteiger partial charge in [0.2, 0.25) is 11.7 Å². The Hall–Kier alpha value is -1.25. The van der Waals surface area contributed by atoms with Crippen LogP contribution in [-0.2, 0) is 4.79 Å². The Morgan fingerprint density at radius 2 is 2.07 bits per heavy atom. The van der Waals surface area contributed by atoms with Gasteiger partial charge in [0.1, 0.15) is 5.25 Å². The molecule has 0 aromatic rings. The highest BCUT2D eigenvalue weighted by atomic mass is 32.2. The summed E-state index contributed by atoms with van der Waals surface area (Å²) in [6, 6.07) is 0. The lowest BCUT2D eigenvalue weighted by atomic mass is 10.2. The van der Waals surface area contributed by atoms with E-state index in [4.69, 9.17) is 5.73 Å². The van der Waals surface area contributed by atoms with Crippen molar-refractivity contribution in [2.75, 3.05) is 0 Å². The minimum Gasteiger partial charge on any atom is -0.378 e. The monoisotopic (exact) mass is 238 g/mol. The number of aliphatic imine (C=N–C) groups is 2. The van der Waals surface area contributed by atoms with Crippen LogP contribution >= 0.6 is 11.8 Å². The van der Waals surface area contributed by atoms with E-state index < -0.39 is 29.3 Å². The number of nitrogens with one attached hydrogen (secondary N) is 1. The van der Waals surface area contributed by atoms with Gasteiger partial charge in [-0.25, -0.2) is 9.98 Å². The van der Waals surface area contributed by atoms with Crippen molar-refractivity contribution < 1.29 is 18.0 Å². The van der Waals surface area contributed by atoms with Crippen molar-refractivity contribution in [3.05, 3.63) is 0 Å². The summed E-state index contributed by atoms with van der Waals surface area (Å²) < 4.78 is 36.7. The average molecular weight is 238 g/mol. The number of nitrogens with two attached hydrogens (primary N) is 1. The number of carbonyl (C=O) groups excluding carboxylic acids is 1. The molecular formula is C6H5F3N4OS. The molecule has 15 heavy (non-hydrogen) atoms. The van der Waals surface area contributed by atoms with E-state index in [1.807, 2.05) is 0 Å². The Labute approximate surface area is 86.0 Å². The molecule has 0 aromatic carbocycles. The molecule has 2 aliphatic heterocycles. The standard InChI is InChI=1S/C6H5F3N4OS/c7-6(8,9)4-11-2-1(3(14)13-4)15-5(10)12-2/h1-2H,(H2,10,12)(H,11,13,14). The topological polar surface area (TPSA) is 79.8 Å². The maximum Gasteiger partial charge on any atom is 0.449 e. The van der Waals surface area contributed by atoms with Gasteiger partial charge in [-0.3, -0.25) is 4.79 Å². The van der Waals surface area contributed by atoms with Crippen molar-refractivity contribution in [1.82, 2.24) is 5.32 Å². The van der Waals surface area contributed by atoms with Gasteiger partial charge < -0.3 is 11.1 Å². The summed E-state index contributed by atoms with van der Waals surface area (Å²) in [6.45, 7) is 0. The lowest BCUT2D eigenvalue weighted by Crippen LogP contribution is -2.51. The molecule has 0 spiro atoms. The molecule has 2 unspecified atom stereocenters. The minimum absolute atomic E-state index is 0.0762. The van der Waals surface area contributed by atoms with Crippen LogP contribution < -0.4 is 11.1 Å². The van der Waals surface area contributed by atoms with Crippen LogP contribution in [0.25, 0.3) is 0 Å². The highest BCUT2D eigenvalue weighted by Gasteiger charge is 2.46. The average Bonchev–Trinajstić information content (AvgIpc) is 2.44. The molecule has 0 bridgehead atoms. The van der Waals surface area contributed by atoms with Crippen LogP contribution in [0.2, 0.25) is 0 Å². The first-order valence-electron chi connectivity index (χ1n) is 3.84. The van der Waals surface area contributed by atoms with Gasteiger partial charge in [-0.15, -0.1) is 0 Å². The number of alkyl halides is 3. The third-order valence-corrected chi connectivity index (χ3v) is 2.87. The number of hydrogen-bond acceptors (Lipinski definition) is 5. The number of fused-ring (bicyclic) bond motifs is 1. The first-order chi connectivity index (χ1) is 6.88. The number of amides is 1. The molecule has 2 rings (SSSR count). The van der Waals surface area contributed by atoms with Crippen LogP contribution in [0.15, 0.2) is 9.98 Å². The second-order valence-electron chi connectivity index (χ2n) is 2.88. The van der Waals surface area contributed by atoms with E-state index in [0.29, 0.717) is 0 Å². The van der Waals surface area contributed by atoms with Crippen molar-refractivity contribution in [2.24, 2.45) is 15.7 Å². The molecule has 0 fully saturated rings. The Bertz CT molecular complexity index is 377. The number of nitrogens with zero attached hydrogens (tertiary/aromatic N) is 2. The molecule has 2 aliphatic rings. The van der Waals surface area contributed by atoms with E-state index in [1.165, 1.54) is 0 Å². The summed E-state index contributed by atoms with van der Waals surface area (Å²) in [6.07, 6.45) is -5.72. The van der Waals surface area contributed by atoms with Crippen molar-refractivity contribution in [3.8, 4) is 0 Å². The van der Waals surface area contributed by atoms with E-state index in [-0.39, 0.29) is 5.17 Å². The Kier molecular flexibility index (Phi) is 2.14. The smallest absolute Gasteiger partial charge is 0.378 e. The van der Waals surface area contributed by atoms with Crippen LogP contribution in [0, 0.1) is 0 Å². The van der Waals surface area contributed by atoms with Gasteiger partial charge in [-0.2, -0.15) is 13.2 Å². The number of amidine groups is 2. The van der Waals surface area contributed by atoms with Crippen LogP contribution in [0.5, 0.6) is 0 Å². The third-order valence-electron chi connectivity index (χ3n) is 1.81. The molecular weight excluding hydrogens is 233 g/mol. The highest BCUT2D eigenvalue weighted by Crippen LogP contribution is 2.30. The van der Waals surface area contributed by atoms with Gasteiger partial charge in [0, 0.05) is 0 Å². The summed E-state index contributed by atoms with van der Waals surface area (Å²) in [5, 5.41) is 0.979. The van der Waals surface area contributed by atoms with Gasteiger partial charge in [-0.1, -0.05) is 11.8 Å². The zero-order valence-corrected chi connectivity index (χ0v) is 7.89. The quantitative estimate of drug-likeness (QED) is 0.615. The summed E-state index contributed by atoms with van der Waals surface area (Å²) in [5.41, 5.74) is 5.29. The molecule has 9 heteroatoms. The largest absolute Gasteiger partial charge is 0.449 e. The van der Waals surface area contributed by atoms with E-state index in [9.17, 15) is 18.0 Å². The molecule has 82 valence electrons. The molecule has 0 aliphatic carbocycles. The van der Waals surface area contributed by atoms with E-state index in [1.54, 1.807) is 5.32 Å². The lowest BCUT2D eigenvalue weighted by molar-refractivity contribution is -0.121. The molecule has 5 nitrogen and oxygen atoms in total. The third kappa shape index (κ3) is 1.78. The molecule has 2 atom stereocenters. The van der Waals surface area contributed by atoms with Gasteiger partial charge in [0.25, 0.3) is 0 Å². The fourth-order valence-electron chi connectivity index (χ4n) is 1.20.